The molecular formula is C12H21N3. The largest absolute Gasteiger partial charge is 0.384 e. The first kappa shape index (κ1) is 10.5. The number of hydrogen-bond donors (Lipinski definition) is 1. The van der Waals surface area contributed by atoms with Crippen LogP contribution in [0.25, 0.3) is 0 Å². The molecule has 0 radical (unpaired) electrons. The van der Waals surface area contributed by atoms with E-state index in [4.69, 9.17) is 5.73 Å². The molecule has 3 nitrogen and oxygen atoms in total. The standard InChI is InChI=1S/C12H21N3/c1-9(2)11-8-12(13)15(14-11)10-6-4-3-5-7-10/h8-10H,3-7,13H2,1-2H3. The van der Waals surface area contributed by atoms with Gasteiger partial charge in [0.2, 0.25) is 0 Å². The maximum atomic E-state index is 6.01. The van der Waals surface area contributed by atoms with Gasteiger partial charge in [0.15, 0.2) is 0 Å². The highest BCUT2D eigenvalue weighted by atomic mass is 15.3. The summed E-state index contributed by atoms with van der Waals surface area (Å²) < 4.78 is 2.05. The van der Waals surface area contributed by atoms with Crippen molar-refractivity contribution in [2.45, 2.75) is 57.9 Å². The second kappa shape index (κ2) is 4.25. The summed E-state index contributed by atoms with van der Waals surface area (Å²) in [7, 11) is 0. The van der Waals surface area contributed by atoms with Gasteiger partial charge in [0.25, 0.3) is 0 Å². The summed E-state index contributed by atoms with van der Waals surface area (Å²) in [5.41, 5.74) is 7.13. The zero-order chi connectivity index (χ0) is 10.8. The van der Waals surface area contributed by atoms with Gasteiger partial charge < -0.3 is 5.73 Å². The molecule has 1 aromatic rings. The summed E-state index contributed by atoms with van der Waals surface area (Å²) in [5, 5.41) is 4.62. The van der Waals surface area contributed by atoms with Crippen LogP contribution in [0, 0.1) is 0 Å². The van der Waals surface area contributed by atoms with E-state index in [2.05, 4.69) is 23.6 Å². The Morgan fingerprint density at radius 1 is 1.33 bits per heavy atom. The number of anilines is 1. The third kappa shape index (κ3) is 2.16. The molecular weight excluding hydrogens is 186 g/mol. The SMILES string of the molecule is CC(C)c1cc(N)n(C2CCCCC2)n1. The van der Waals surface area contributed by atoms with Gasteiger partial charge in [0, 0.05) is 6.07 Å². The number of aromatic nitrogens is 2. The molecule has 0 aliphatic heterocycles. The normalized spacial score (nSPS) is 18.6. The molecule has 1 aromatic heterocycles. The lowest BCUT2D eigenvalue weighted by molar-refractivity contribution is 0.331. The zero-order valence-corrected chi connectivity index (χ0v) is 9.74. The first-order chi connectivity index (χ1) is 7.18. The van der Waals surface area contributed by atoms with Crippen LogP contribution in [0.4, 0.5) is 5.82 Å². The van der Waals surface area contributed by atoms with E-state index in [0.29, 0.717) is 12.0 Å². The van der Waals surface area contributed by atoms with E-state index in [1.807, 2.05) is 6.07 Å². The molecule has 0 aromatic carbocycles. The molecule has 0 spiro atoms. The van der Waals surface area contributed by atoms with E-state index in [1.165, 1.54) is 32.1 Å². The maximum absolute atomic E-state index is 6.01. The number of rotatable bonds is 2. The predicted octanol–water partition coefficient (Wildman–Crippen LogP) is 3.09. The minimum absolute atomic E-state index is 0.470. The van der Waals surface area contributed by atoms with Gasteiger partial charge in [-0.1, -0.05) is 33.1 Å². The molecule has 2 N–H and O–H groups in total. The second-order valence-electron chi connectivity index (χ2n) is 4.89. The Kier molecular flexibility index (Phi) is 2.98. The van der Waals surface area contributed by atoms with Crippen molar-refractivity contribution in [3.63, 3.8) is 0 Å². The lowest BCUT2D eigenvalue weighted by atomic mass is 9.96. The number of hydrogen-bond acceptors (Lipinski definition) is 2. The van der Waals surface area contributed by atoms with Crippen molar-refractivity contribution >= 4 is 5.82 Å². The van der Waals surface area contributed by atoms with E-state index in [0.717, 1.165) is 11.5 Å². The summed E-state index contributed by atoms with van der Waals surface area (Å²) in [6.07, 6.45) is 6.49. The van der Waals surface area contributed by atoms with Gasteiger partial charge in [-0.15, -0.1) is 0 Å². The van der Waals surface area contributed by atoms with Crippen molar-refractivity contribution in [1.82, 2.24) is 9.78 Å². The Hall–Kier alpha value is -0.990. The molecule has 0 unspecified atom stereocenters. The van der Waals surface area contributed by atoms with Crippen molar-refractivity contribution < 1.29 is 0 Å². The van der Waals surface area contributed by atoms with Crippen LogP contribution in [0.2, 0.25) is 0 Å². The van der Waals surface area contributed by atoms with Crippen LogP contribution in [-0.4, -0.2) is 9.78 Å². The van der Waals surface area contributed by atoms with Gasteiger partial charge in [-0.25, -0.2) is 4.68 Å². The third-order valence-electron chi connectivity index (χ3n) is 3.30. The quantitative estimate of drug-likeness (QED) is 0.809. The molecule has 84 valence electrons. The van der Waals surface area contributed by atoms with Crippen LogP contribution in [0.3, 0.4) is 0 Å². The monoisotopic (exact) mass is 207 g/mol. The summed E-state index contributed by atoms with van der Waals surface area (Å²) in [5.74, 6) is 1.31. The van der Waals surface area contributed by atoms with Crippen molar-refractivity contribution in [2.24, 2.45) is 0 Å². The summed E-state index contributed by atoms with van der Waals surface area (Å²) in [6, 6.07) is 2.57. The predicted molar refractivity (Wildman–Crippen MR) is 62.9 cm³/mol. The lowest BCUT2D eigenvalue weighted by Crippen LogP contribution is -2.16. The van der Waals surface area contributed by atoms with Crippen molar-refractivity contribution in [1.29, 1.82) is 0 Å². The molecule has 1 aliphatic carbocycles. The molecule has 0 amide bonds. The zero-order valence-electron chi connectivity index (χ0n) is 9.74. The number of nitrogen functional groups attached to an aromatic ring is 1. The third-order valence-corrected chi connectivity index (χ3v) is 3.30. The fourth-order valence-corrected chi connectivity index (χ4v) is 2.33. The smallest absolute Gasteiger partial charge is 0.122 e. The molecule has 1 saturated carbocycles. The molecule has 15 heavy (non-hydrogen) atoms. The molecule has 0 atom stereocenters. The lowest BCUT2D eigenvalue weighted by Gasteiger charge is -2.22. The summed E-state index contributed by atoms with van der Waals surface area (Å²) in [6.45, 7) is 4.32. The Labute approximate surface area is 91.7 Å². The highest BCUT2D eigenvalue weighted by Crippen LogP contribution is 2.30. The van der Waals surface area contributed by atoms with E-state index in [1.54, 1.807) is 0 Å². The Morgan fingerprint density at radius 3 is 2.53 bits per heavy atom. The fourth-order valence-electron chi connectivity index (χ4n) is 2.33. The van der Waals surface area contributed by atoms with Crippen LogP contribution in [0.5, 0.6) is 0 Å². The average molecular weight is 207 g/mol. The molecule has 3 heteroatoms. The highest BCUT2D eigenvalue weighted by molar-refractivity contribution is 5.32. The van der Waals surface area contributed by atoms with Gasteiger partial charge in [-0.2, -0.15) is 5.10 Å². The topological polar surface area (TPSA) is 43.8 Å². The Bertz CT molecular complexity index is 322. The van der Waals surface area contributed by atoms with Crippen LogP contribution < -0.4 is 5.73 Å². The Morgan fingerprint density at radius 2 is 2.00 bits per heavy atom. The van der Waals surface area contributed by atoms with Crippen molar-refractivity contribution in [3.05, 3.63) is 11.8 Å². The molecule has 1 aliphatic rings. The van der Waals surface area contributed by atoms with E-state index >= 15 is 0 Å². The molecule has 1 heterocycles. The first-order valence-electron chi connectivity index (χ1n) is 6.03. The summed E-state index contributed by atoms with van der Waals surface area (Å²) in [4.78, 5) is 0. The van der Waals surface area contributed by atoms with E-state index in [-0.39, 0.29) is 0 Å². The van der Waals surface area contributed by atoms with E-state index < -0.39 is 0 Å². The van der Waals surface area contributed by atoms with Crippen LogP contribution in [0.1, 0.15) is 63.6 Å². The molecule has 0 bridgehead atoms. The van der Waals surface area contributed by atoms with Crippen molar-refractivity contribution in [2.75, 3.05) is 5.73 Å². The molecule has 1 fully saturated rings. The molecule has 2 rings (SSSR count). The van der Waals surface area contributed by atoms with Gasteiger partial charge >= 0.3 is 0 Å². The first-order valence-corrected chi connectivity index (χ1v) is 6.03. The number of nitrogens with two attached hydrogens (primary N) is 1. The fraction of sp³-hybridized carbons (Fsp3) is 0.750. The maximum Gasteiger partial charge on any atom is 0.122 e. The van der Waals surface area contributed by atoms with Gasteiger partial charge in [0.05, 0.1) is 11.7 Å². The summed E-state index contributed by atoms with van der Waals surface area (Å²) >= 11 is 0. The second-order valence-corrected chi connectivity index (χ2v) is 4.89. The average Bonchev–Trinajstić information content (AvgIpc) is 2.62. The van der Waals surface area contributed by atoms with E-state index in [9.17, 15) is 0 Å². The van der Waals surface area contributed by atoms with Gasteiger partial charge in [-0.05, 0) is 18.8 Å². The van der Waals surface area contributed by atoms with Gasteiger partial charge in [0.1, 0.15) is 5.82 Å². The Balaban J connectivity index is 2.19. The van der Waals surface area contributed by atoms with Crippen LogP contribution >= 0.6 is 0 Å². The molecule has 0 saturated heterocycles. The van der Waals surface area contributed by atoms with Crippen molar-refractivity contribution in [3.8, 4) is 0 Å². The highest BCUT2D eigenvalue weighted by Gasteiger charge is 2.19. The van der Waals surface area contributed by atoms with Crippen LogP contribution in [-0.2, 0) is 0 Å². The number of nitrogens with zero attached hydrogens (tertiary/aromatic N) is 2. The minimum atomic E-state index is 0.470. The van der Waals surface area contributed by atoms with Crippen LogP contribution in [0.15, 0.2) is 6.07 Å². The minimum Gasteiger partial charge on any atom is -0.384 e. The van der Waals surface area contributed by atoms with Gasteiger partial charge in [-0.3, -0.25) is 0 Å².